The van der Waals surface area contributed by atoms with Crippen LogP contribution in [0.5, 0.6) is 0 Å². The molecule has 0 spiro atoms. The second kappa shape index (κ2) is 5.19. The SMILES string of the molecule is Cc1nc(CCN(C)C)ncc1[C@H](C)N. The van der Waals surface area contributed by atoms with Crippen molar-refractivity contribution in [3.8, 4) is 0 Å². The summed E-state index contributed by atoms with van der Waals surface area (Å²) >= 11 is 0. The number of hydrogen-bond donors (Lipinski definition) is 1. The molecule has 0 aliphatic carbocycles. The van der Waals surface area contributed by atoms with Crippen molar-refractivity contribution in [3.63, 3.8) is 0 Å². The minimum Gasteiger partial charge on any atom is -0.324 e. The Hall–Kier alpha value is -1.00. The van der Waals surface area contributed by atoms with Crippen molar-refractivity contribution >= 4 is 0 Å². The summed E-state index contributed by atoms with van der Waals surface area (Å²) in [5.41, 5.74) is 7.82. The highest BCUT2D eigenvalue weighted by Crippen LogP contribution is 2.11. The fourth-order valence-corrected chi connectivity index (χ4v) is 1.42. The number of likely N-dealkylation sites (N-methyl/N-ethyl adjacent to an activating group) is 1. The molecule has 0 aliphatic rings. The standard InChI is InChI=1S/C11H20N4/c1-8(12)10-7-13-11(14-9(10)2)5-6-15(3)4/h7-8H,5-6,12H2,1-4H3/t8-/m0/s1. The third kappa shape index (κ3) is 3.57. The molecule has 84 valence electrons. The molecule has 0 aliphatic heterocycles. The van der Waals surface area contributed by atoms with Crippen LogP contribution in [0.1, 0.15) is 30.0 Å². The van der Waals surface area contributed by atoms with Crippen LogP contribution in [0.3, 0.4) is 0 Å². The van der Waals surface area contributed by atoms with Gasteiger partial charge in [-0.3, -0.25) is 0 Å². The van der Waals surface area contributed by atoms with E-state index in [1.54, 1.807) is 0 Å². The minimum absolute atomic E-state index is 0.00731. The molecule has 4 heteroatoms. The van der Waals surface area contributed by atoms with E-state index < -0.39 is 0 Å². The van der Waals surface area contributed by atoms with Gasteiger partial charge in [0.15, 0.2) is 0 Å². The monoisotopic (exact) mass is 208 g/mol. The summed E-state index contributed by atoms with van der Waals surface area (Å²) in [6.45, 7) is 4.90. The Morgan fingerprint density at radius 3 is 2.60 bits per heavy atom. The zero-order valence-corrected chi connectivity index (χ0v) is 9.99. The summed E-state index contributed by atoms with van der Waals surface area (Å²) in [7, 11) is 4.09. The number of aryl methyl sites for hydroxylation is 1. The maximum Gasteiger partial charge on any atom is 0.129 e. The molecular formula is C11H20N4. The van der Waals surface area contributed by atoms with Crippen molar-refractivity contribution < 1.29 is 0 Å². The molecule has 2 N–H and O–H groups in total. The Morgan fingerprint density at radius 1 is 1.47 bits per heavy atom. The lowest BCUT2D eigenvalue weighted by atomic mass is 10.1. The molecular weight excluding hydrogens is 188 g/mol. The van der Waals surface area contributed by atoms with Crippen molar-refractivity contribution in [1.29, 1.82) is 0 Å². The van der Waals surface area contributed by atoms with E-state index >= 15 is 0 Å². The van der Waals surface area contributed by atoms with Crippen molar-refractivity contribution in [2.24, 2.45) is 5.73 Å². The number of hydrogen-bond acceptors (Lipinski definition) is 4. The normalized spacial score (nSPS) is 13.2. The number of rotatable bonds is 4. The second-order valence-corrected chi connectivity index (χ2v) is 4.17. The Balaban J connectivity index is 2.73. The van der Waals surface area contributed by atoms with Crippen LogP contribution in [-0.2, 0) is 6.42 Å². The molecule has 15 heavy (non-hydrogen) atoms. The van der Waals surface area contributed by atoms with Crippen LogP contribution in [0.15, 0.2) is 6.20 Å². The first-order valence-corrected chi connectivity index (χ1v) is 5.23. The van der Waals surface area contributed by atoms with Crippen LogP contribution >= 0.6 is 0 Å². The molecule has 1 aromatic rings. The van der Waals surface area contributed by atoms with Gasteiger partial charge in [0.05, 0.1) is 0 Å². The quantitative estimate of drug-likeness (QED) is 0.799. The van der Waals surface area contributed by atoms with E-state index in [2.05, 4.69) is 14.9 Å². The molecule has 0 saturated heterocycles. The van der Waals surface area contributed by atoms with Crippen LogP contribution in [0.25, 0.3) is 0 Å². The lowest BCUT2D eigenvalue weighted by Crippen LogP contribution is -2.17. The molecule has 0 bridgehead atoms. The van der Waals surface area contributed by atoms with Crippen molar-refractivity contribution in [2.45, 2.75) is 26.3 Å². The average molecular weight is 208 g/mol. The maximum atomic E-state index is 5.80. The third-order valence-corrected chi connectivity index (χ3v) is 2.34. The molecule has 1 heterocycles. The first-order valence-electron chi connectivity index (χ1n) is 5.23. The Morgan fingerprint density at radius 2 is 2.13 bits per heavy atom. The molecule has 1 aromatic heterocycles. The molecule has 0 aromatic carbocycles. The van der Waals surface area contributed by atoms with Gasteiger partial charge < -0.3 is 10.6 Å². The van der Waals surface area contributed by atoms with Crippen molar-refractivity contribution in [1.82, 2.24) is 14.9 Å². The second-order valence-electron chi connectivity index (χ2n) is 4.17. The average Bonchev–Trinajstić information content (AvgIpc) is 2.14. The molecule has 0 fully saturated rings. The molecule has 0 radical (unpaired) electrons. The lowest BCUT2D eigenvalue weighted by molar-refractivity contribution is 0.409. The van der Waals surface area contributed by atoms with Gasteiger partial charge in [-0.1, -0.05) is 0 Å². The lowest BCUT2D eigenvalue weighted by Gasteiger charge is -2.11. The topological polar surface area (TPSA) is 55.0 Å². The largest absolute Gasteiger partial charge is 0.324 e. The van der Waals surface area contributed by atoms with Crippen molar-refractivity contribution in [2.75, 3.05) is 20.6 Å². The van der Waals surface area contributed by atoms with Gasteiger partial charge in [0.2, 0.25) is 0 Å². The molecule has 1 atom stereocenters. The molecule has 0 amide bonds. The third-order valence-electron chi connectivity index (χ3n) is 2.34. The number of nitrogens with zero attached hydrogens (tertiary/aromatic N) is 3. The van der Waals surface area contributed by atoms with Gasteiger partial charge in [-0.05, 0) is 27.9 Å². The van der Waals surface area contributed by atoms with E-state index in [4.69, 9.17) is 5.73 Å². The summed E-state index contributed by atoms with van der Waals surface area (Å²) in [5, 5.41) is 0. The maximum absolute atomic E-state index is 5.80. The minimum atomic E-state index is 0.00731. The van der Waals surface area contributed by atoms with Gasteiger partial charge in [0.25, 0.3) is 0 Å². The fraction of sp³-hybridized carbons (Fsp3) is 0.636. The van der Waals surface area contributed by atoms with E-state index in [0.717, 1.165) is 30.0 Å². The summed E-state index contributed by atoms with van der Waals surface area (Å²) < 4.78 is 0. The summed E-state index contributed by atoms with van der Waals surface area (Å²) in [6.07, 6.45) is 2.73. The van der Waals surface area contributed by atoms with E-state index in [1.807, 2.05) is 34.1 Å². The van der Waals surface area contributed by atoms with E-state index in [1.165, 1.54) is 0 Å². The predicted molar refractivity (Wildman–Crippen MR) is 61.6 cm³/mol. The highest BCUT2D eigenvalue weighted by atomic mass is 15.1. The van der Waals surface area contributed by atoms with Crippen LogP contribution in [0.2, 0.25) is 0 Å². The van der Waals surface area contributed by atoms with Gasteiger partial charge in [0, 0.05) is 36.5 Å². The Kier molecular flexibility index (Phi) is 4.17. The highest BCUT2D eigenvalue weighted by molar-refractivity contribution is 5.19. The molecule has 4 nitrogen and oxygen atoms in total. The molecule has 0 saturated carbocycles. The van der Waals surface area contributed by atoms with Gasteiger partial charge in [0.1, 0.15) is 5.82 Å². The van der Waals surface area contributed by atoms with Gasteiger partial charge >= 0.3 is 0 Å². The van der Waals surface area contributed by atoms with E-state index in [9.17, 15) is 0 Å². The molecule has 0 unspecified atom stereocenters. The summed E-state index contributed by atoms with van der Waals surface area (Å²) in [6, 6.07) is 0.00731. The van der Waals surface area contributed by atoms with Crippen LogP contribution < -0.4 is 5.73 Å². The van der Waals surface area contributed by atoms with Crippen LogP contribution in [0, 0.1) is 6.92 Å². The summed E-state index contributed by atoms with van der Waals surface area (Å²) in [4.78, 5) is 10.9. The van der Waals surface area contributed by atoms with Crippen LogP contribution in [0.4, 0.5) is 0 Å². The van der Waals surface area contributed by atoms with Crippen LogP contribution in [-0.4, -0.2) is 35.5 Å². The van der Waals surface area contributed by atoms with E-state index in [0.29, 0.717) is 0 Å². The molecule has 1 rings (SSSR count). The number of aromatic nitrogens is 2. The smallest absolute Gasteiger partial charge is 0.129 e. The number of nitrogens with two attached hydrogens (primary N) is 1. The fourth-order valence-electron chi connectivity index (χ4n) is 1.42. The van der Waals surface area contributed by atoms with Gasteiger partial charge in [-0.2, -0.15) is 0 Å². The predicted octanol–water partition coefficient (Wildman–Crippen LogP) is 0.909. The zero-order valence-electron chi connectivity index (χ0n) is 9.99. The highest BCUT2D eigenvalue weighted by Gasteiger charge is 2.06. The Bertz CT molecular complexity index is 320. The first-order chi connectivity index (χ1) is 7.00. The summed E-state index contributed by atoms with van der Waals surface area (Å²) in [5.74, 6) is 0.894. The van der Waals surface area contributed by atoms with Gasteiger partial charge in [-0.25, -0.2) is 9.97 Å². The Labute approximate surface area is 91.5 Å². The first kappa shape index (κ1) is 12.1. The zero-order chi connectivity index (χ0) is 11.4. The van der Waals surface area contributed by atoms with Gasteiger partial charge in [-0.15, -0.1) is 0 Å². The van der Waals surface area contributed by atoms with E-state index in [-0.39, 0.29) is 6.04 Å². The van der Waals surface area contributed by atoms with Crippen molar-refractivity contribution in [3.05, 3.63) is 23.3 Å².